The van der Waals surface area contributed by atoms with Crippen LogP contribution in [-0.4, -0.2) is 15.9 Å². The molecule has 1 aliphatic heterocycles. The van der Waals surface area contributed by atoms with Gasteiger partial charge in [-0.25, -0.2) is 4.75 Å². The van der Waals surface area contributed by atoms with Gasteiger partial charge in [0.05, 0.1) is 22.6 Å². The number of rotatable bonds is 4. The van der Waals surface area contributed by atoms with Crippen molar-refractivity contribution in [3.8, 4) is 16.9 Å². The molecule has 1 aliphatic rings. The molecule has 7 rings (SSSR count). The van der Waals surface area contributed by atoms with E-state index in [9.17, 15) is 0 Å². The van der Waals surface area contributed by atoms with Gasteiger partial charge in [-0.05, 0) is 68.3 Å². The molecule has 2 aromatic heterocycles. The summed E-state index contributed by atoms with van der Waals surface area (Å²) in [5.41, 5.74) is 17.9. The molecule has 4 nitrogen and oxygen atoms in total. The van der Waals surface area contributed by atoms with E-state index >= 15 is 0 Å². The summed E-state index contributed by atoms with van der Waals surface area (Å²) in [5, 5.41) is 1.06. The first-order chi connectivity index (χ1) is 19.3. The van der Waals surface area contributed by atoms with Crippen LogP contribution in [0.5, 0.6) is 0 Å². The van der Waals surface area contributed by atoms with Crippen LogP contribution >= 0.6 is 8.35 Å². The molecule has 4 aromatic carbocycles. The van der Waals surface area contributed by atoms with Crippen LogP contribution in [-0.2, 0) is 0 Å². The maximum atomic E-state index is 6.84. The molecule has 0 aliphatic carbocycles. The van der Waals surface area contributed by atoms with Crippen LogP contribution in [0.3, 0.4) is 0 Å². The number of nitrogens with two attached hydrogens (primary N) is 1. The molecule has 1 atom stereocenters. The molecule has 0 saturated carbocycles. The lowest BCUT2D eigenvalue weighted by Crippen LogP contribution is -2.12. The summed E-state index contributed by atoms with van der Waals surface area (Å²) < 4.78 is 6.88. The Kier molecular flexibility index (Phi) is 6.79. The maximum Gasteiger partial charge on any atom is 0.0743 e. The molecule has 0 amide bonds. The summed E-state index contributed by atoms with van der Waals surface area (Å²) in [6.45, 7) is 4.79. The second kappa shape index (κ2) is 10.7. The van der Waals surface area contributed by atoms with E-state index in [0.717, 1.165) is 45.8 Å². The first-order valence-electron chi connectivity index (χ1n) is 13.4. The molecule has 0 fully saturated rings. The zero-order chi connectivity index (χ0) is 26.8. The molecule has 1 unspecified atom stereocenters. The van der Waals surface area contributed by atoms with Crippen LogP contribution in [0.4, 0.5) is 17.1 Å². The van der Waals surface area contributed by atoms with Crippen molar-refractivity contribution in [1.82, 2.24) is 9.31 Å². The summed E-state index contributed by atoms with van der Waals surface area (Å²) in [5.74, 6) is 2.12. The molecule has 5 heteroatoms. The van der Waals surface area contributed by atoms with Gasteiger partial charge in [-0.3, -0.25) is 0 Å². The van der Waals surface area contributed by atoms with Crippen LogP contribution < -0.4 is 10.6 Å². The van der Waals surface area contributed by atoms with Gasteiger partial charge in [0.15, 0.2) is 0 Å². The molecule has 39 heavy (non-hydrogen) atoms. The number of para-hydroxylation sites is 3. The summed E-state index contributed by atoms with van der Waals surface area (Å²) in [4.78, 5) is 2.37. The number of hydrogen-bond acceptors (Lipinski definition) is 3. The van der Waals surface area contributed by atoms with Gasteiger partial charge >= 0.3 is 0 Å². The third-order valence-corrected chi connectivity index (χ3v) is 7.81. The second-order valence-corrected chi connectivity index (χ2v) is 10.1. The SMILES string of the molecule is CC.Nc1c(/C=C2\CN(c3ccccc3)c3ccccc32)n(-c2ccc(-c3cc[pH]n3)cc2)c2ccccc12. The lowest BCUT2D eigenvalue weighted by atomic mass is 10.1. The number of nitrogens with zero attached hydrogens (tertiary/aromatic N) is 3. The highest BCUT2D eigenvalue weighted by Gasteiger charge is 2.25. The van der Waals surface area contributed by atoms with Gasteiger partial charge in [0.2, 0.25) is 0 Å². The van der Waals surface area contributed by atoms with Crippen LogP contribution in [0, 0.1) is 0 Å². The molecule has 192 valence electrons. The Morgan fingerprint density at radius 1 is 0.769 bits per heavy atom. The minimum Gasteiger partial charge on any atom is -0.396 e. The highest BCUT2D eigenvalue weighted by atomic mass is 31.0. The quantitative estimate of drug-likeness (QED) is 0.249. The fourth-order valence-electron chi connectivity index (χ4n) is 5.36. The van der Waals surface area contributed by atoms with Gasteiger partial charge in [-0.2, -0.15) is 0 Å². The second-order valence-electron chi connectivity index (χ2n) is 9.27. The van der Waals surface area contributed by atoms with Gasteiger partial charge in [-0.1, -0.05) is 80.6 Å². The molecule has 0 radical (unpaired) electrons. The zero-order valence-corrected chi connectivity index (χ0v) is 23.2. The number of fused-ring (bicyclic) bond motifs is 2. The van der Waals surface area contributed by atoms with Crippen LogP contribution in [0.2, 0.25) is 0 Å². The average molecular weight is 527 g/mol. The van der Waals surface area contributed by atoms with Gasteiger partial charge in [0.25, 0.3) is 0 Å². The number of benzene rings is 4. The maximum absolute atomic E-state index is 6.84. The molecule has 0 spiro atoms. The predicted octanol–water partition coefficient (Wildman–Crippen LogP) is 9.02. The molecule has 3 heterocycles. The Balaban J connectivity index is 0.00000135. The normalized spacial score (nSPS) is 13.6. The van der Waals surface area contributed by atoms with E-state index < -0.39 is 0 Å². The number of anilines is 3. The summed E-state index contributed by atoms with van der Waals surface area (Å²) in [6, 6.07) is 38.3. The van der Waals surface area contributed by atoms with Crippen molar-refractivity contribution >= 4 is 48.0 Å². The van der Waals surface area contributed by atoms with Gasteiger partial charge in [-0.15, -0.1) is 0 Å². The van der Waals surface area contributed by atoms with E-state index in [1.54, 1.807) is 0 Å². The molecule has 2 N–H and O–H groups in total. The zero-order valence-electron chi connectivity index (χ0n) is 22.2. The smallest absolute Gasteiger partial charge is 0.0743 e. The Morgan fingerprint density at radius 2 is 1.49 bits per heavy atom. The van der Waals surface area contributed by atoms with Crippen LogP contribution in [0.25, 0.3) is 39.5 Å². The van der Waals surface area contributed by atoms with Gasteiger partial charge < -0.3 is 15.2 Å². The Hall–Kier alpha value is -4.53. The minimum atomic E-state index is 0.522. The van der Waals surface area contributed by atoms with Crippen molar-refractivity contribution < 1.29 is 0 Å². The molecule has 0 bridgehead atoms. The summed E-state index contributed by atoms with van der Waals surface area (Å²) in [6.07, 6.45) is 2.27. The average Bonchev–Trinajstić information content (AvgIpc) is 3.73. The number of aromatic nitrogens is 2. The van der Waals surface area contributed by atoms with Gasteiger partial charge in [0, 0.05) is 40.1 Å². The third-order valence-electron chi connectivity index (χ3n) is 7.12. The summed E-state index contributed by atoms with van der Waals surface area (Å²) in [7, 11) is 0.522. The van der Waals surface area contributed by atoms with Crippen LogP contribution in [0.15, 0.2) is 115 Å². The van der Waals surface area contributed by atoms with Crippen molar-refractivity contribution in [3.63, 3.8) is 0 Å². The molecule has 6 aromatic rings. The first kappa shape index (κ1) is 24.8. The lowest BCUT2D eigenvalue weighted by molar-refractivity contribution is 1.11. The topological polar surface area (TPSA) is 47.1 Å². The molecular formula is C34H31N4P. The summed E-state index contributed by atoms with van der Waals surface area (Å²) >= 11 is 0. The van der Waals surface area contributed by atoms with E-state index in [4.69, 9.17) is 5.73 Å². The standard InChI is InChI=1S/C32H25N4P.C2H6/c33-32-27-11-5-7-13-30(27)36(25-16-14-22(15-17-25)28-18-19-37-34-28)31(32)20-23-21-35(24-8-2-1-3-9-24)29-12-6-4-10-26(23)29;1-2/h1-20,37H,21,33H2;1-2H3/b23-20+;. The van der Waals surface area contributed by atoms with E-state index in [1.165, 1.54) is 22.5 Å². The Bertz CT molecular complexity index is 1750. The lowest BCUT2D eigenvalue weighted by Gasteiger charge is -2.19. The fourth-order valence-corrected chi connectivity index (χ4v) is 6.01. The van der Waals surface area contributed by atoms with Gasteiger partial charge in [0.1, 0.15) is 0 Å². The van der Waals surface area contributed by atoms with Crippen molar-refractivity contribution in [2.24, 2.45) is 0 Å². The van der Waals surface area contributed by atoms with E-state index in [0.29, 0.717) is 8.35 Å². The highest BCUT2D eigenvalue weighted by Crippen LogP contribution is 2.42. The highest BCUT2D eigenvalue weighted by molar-refractivity contribution is 7.24. The van der Waals surface area contributed by atoms with E-state index in [-0.39, 0.29) is 0 Å². The minimum absolute atomic E-state index is 0.522. The number of nitrogen functional groups attached to an aromatic ring is 1. The third kappa shape index (κ3) is 4.43. The van der Waals surface area contributed by atoms with E-state index in [2.05, 4.69) is 135 Å². The van der Waals surface area contributed by atoms with Crippen molar-refractivity contribution in [3.05, 3.63) is 126 Å². The monoisotopic (exact) mass is 526 g/mol. The predicted molar refractivity (Wildman–Crippen MR) is 170 cm³/mol. The molecule has 0 saturated heterocycles. The first-order valence-corrected chi connectivity index (χ1v) is 14.4. The van der Waals surface area contributed by atoms with E-state index in [1.807, 2.05) is 13.8 Å². The Labute approximate surface area is 231 Å². The van der Waals surface area contributed by atoms with Crippen LogP contribution in [0.1, 0.15) is 25.1 Å². The largest absolute Gasteiger partial charge is 0.396 e. The number of hydrogen-bond donors (Lipinski definition) is 1. The van der Waals surface area contributed by atoms with Crippen molar-refractivity contribution in [2.45, 2.75) is 13.8 Å². The van der Waals surface area contributed by atoms with Crippen molar-refractivity contribution in [1.29, 1.82) is 0 Å². The van der Waals surface area contributed by atoms with Crippen molar-refractivity contribution in [2.75, 3.05) is 17.2 Å². The molecular weight excluding hydrogens is 495 g/mol. The fraction of sp³-hybridized carbons (Fsp3) is 0.0882. The Morgan fingerprint density at radius 3 is 2.26 bits per heavy atom.